The molecule has 2 rings (SSSR count). The van der Waals surface area contributed by atoms with Crippen molar-refractivity contribution in [3.8, 4) is 6.07 Å². The molecule has 0 aliphatic carbocycles. The summed E-state index contributed by atoms with van der Waals surface area (Å²) in [6.45, 7) is 7.00. The Kier molecular flexibility index (Phi) is 4.43. The molecule has 0 spiro atoms. The summed E-state index contributed by atoms with van der Waals surface area (Å²) in [5.74, 6) is 0.439. The average molecular weight is 288 g/mol. The van der Waals surface area contributed by atoms with Crippen LogP contribution in [0.4, 0.5) is 11.4 Å². The number of nitrogens with zero attached hydrogens (tertiary/aromatic N) is 4. The third-order valence-electron chi connectivity index (χ3n) is 4.01. The van der Waals surface area contributed by atoms with E-state index in [0.29, 0.717) is 17.5 Å². The predicted molar refractivity (Wildman–Crippen MR) is 81.3 cm³/mol. The van der Waals surface area contributed by atoms with Gasteiger partial charge >= 0.3 is 0 Å². The minimum Gasteiger partial charge on any atom is -0.365 e. The first-order chi connectivity index (χ1) is 9.93. The SMILES string of the molecule is CC(C)C1CN(C)CCN1c1ccc([N+](=O)[O-])cc1C#N. The van der Waals surface area contributed by atoms with Crippen molar-refractivity contribution in [1.82, 2.24) is 4.90 Å². The maximum atomic E-state index is 10.8. The van der Waals surface area contributed by atoms with Crippen LogP contribution in [0.5, 0.6) is 0 Å². The van der Waals surface area contributed by atoms with Crippen LogP contribution in [0.3, 0.4) is 0 Å². The molecule has 1 saturated heterocycles. The second-order valence-electron chi connectivity index (χ2n) is 5.84. The Balaban J connectivity index is 2.40. The molecule has 0 saturated carbocycles. The summed E-state index contributed by atoms with van der Waals surface area (Å²) in [6.07, 6.45) is 0. The quantitative estimate of drug-likeness (QED) is 0.630. The number of benzene rings is 1. The van der Waals surface area contributed by atoms with Crippen molar-refractivity contribution in [2.24, 2.45) is 5.92 Å². The van der Waals surface area contributed by atoms with E-state index in [2.05, 4.69) is 36.8 Å². The molecule has 1 unspecified atom stereocenters. The van der Waals surface area contributed by atoms with Crippen molar-refractivity contribution in [2.45, 2.75) is 19.9 Å². The maximum Gasteiger partial charge on any atom is 0.270 e. The molecule has 6 heteroatoms. The molecular formula is C15H20N4O2. The fourth-order valence-electron chi connectivity index (χ4n) is 2.80. The van der Waals surface area contributed by atoms with E-state index >= 15 is 0 Å². The molecular weight excluding hydrogens is 268 g/mol. The molecule has 21 heavy (non-hydrogen) atoms. The van der Waals surface area contributed by atoms with Crippen molar-refractivity contribution in [3.63, 3.8) is 0 Å². The van der Waals surface area contributed by atoms with Gasteiger partial charge in [0.05, 0.1) is 16.2 Å². The number of rotatable bonds is 3. The highest BCUT2D eigenvalue weighted by atomic mass is 16.6. The topological polar surface area (TPSA) is 73.4 Å². The first-order valence-corrected chi connectivity index (χ1v) is 7.07. The first kappa shape index (κ1) is 15.3. The van der Waals surface area contributed by atoms with Crippen LogP contribution >= 0.6 is 0 Å². The van der Waals surface area contributed by atoms with Gasteiger partial charge in [-0.2, -0.15) is 5.26 Å². The molecule has 1 heterocycles. The van der Waals surface area contributed by atoms with E-state index in [0.717, 1.165) is 25.3 Å². The van der Waals surface area contributed by atoms with Gasteiger partial charge in [-0.25, -0.2) is 0 Å². The zero-order valence-electron chi connectivity index (χ0n) is 12.6. The average Bonchev–Trinajstić information content (AvgIpc) is 2.46. The van der Waals surface area contributed by atoms with E-state index in [1.165, 1.54) is 12.1 Å². The Morgan fingerprint density at radius 2 is 2.14 bits per heavy atom. The van der Waals surface area contributed by atoms with Crippen LogP contribution in [0, 0.1) is 27.4 Å². The number of nitro benzene ring substituents is 1. The lowest BCUT2D eigenvalue weighted by Gasteiger charge is -2.43. The third kappa shape index (κ3) is 3.14. The van der Waals surface area contributed by atoms with Gasteiger partial charge < -0.3 is 9.80 Å². The molecule has 0 amide bonds. The Hall–Kier alpha value is -2.13. The van der Waals surface area contributed by atoms with Gasteiger partial charge in [-0.3, -0.25) is 10.1 Å². The Bertz CT molecular complexity index is 580. The van der Waals surface area contributed by atoms with Crippen LogP contribution in [-0.2, 0) is 0 Å². The molecule has 0 bridgehead atoms. The normalized spacial score (nSPS) is 19.6. The molecule has 1 fully saturated rings. The van der Waals surface area contributed by atoms with Crippen molar-refractivity contribution < 1.29 is 4.92 Å². The number of nitriles is 1. The first-order valence-electron chi connectivity index (χ1n) is 7.07. The highest BCUT2D eigenvalue weighted by Gasteiger charge is 2.29. The zero-order chi connectivity index (χ0) is 15.6. The van der Waals surface area contributed by atoms with Crippen molar-refractivity contribution >= 4 is 11.4 Å². The van der Waals surface area contributed by atoms with Gasteiger partial charge in [0.2, 0.25) is 0 Å². The molecule has 112 valence electrons. The number of piperazine rings is 1. The van der Waals surface area contributed by atoms with Gasteiger partial charge in [0.15, 0.2) is 0 Å². The highest BCUT2D eigenvalue weighted by Crippen LogP contribution is 2.30. The van der Waals surface area contributed by atoms with Crippen LogP contribution in [0.2, 0.25) is 0 Å². The number of nitro groups is 1. The lowest BCUT2D eigenvalue weighted by atomic mass is 9.98. The highest BCUT2D eigenvalue weighted by molar-refractivity contribution is 5.63. The maximum absolute atomic E-state index is 10.8. The smallest absolute Gasteiger partial charge is 0.270 e. The minimum absolute atomic E-state index is 0.0366. The molecule has 6 nitrogen and oxygen atoms in total. The second kappa shape index (κ2) is 6.10. The summed E-state index contributed by atoms with van der Waals surface area (Å²) < 4.78 is 0. The molecule has 1 atom stereocenters. The lowest BCUT2D eigenvalue weighted by molar-refractivity contribution is -0.384. The number of hydrogen-bond donors (Lipinski definition) is 0. The van der Waals surface area contributed by atoms with Crippen LogP contribution in [0.25, 0.3) is 0 Å². The molecule has 1 aromatic carbocycles. The van der Waals surface area contributed by atoms with Crippen LogP contribution < -0.4 is 4.90 Å². The standard InChI is InChI=1S/C15H20N4O2/c1-11(2)15-10-17(3)6-7-18(15)14-5-4-13(19(20)21)8-12(14)9-16/h4-5,8,11,15H,6-7,10H2,1-3H3. The molecule has 0 aromatic heterocycles. The van der Waals surface area contributed by atoms with E-state index in [-0.39, 0.29) is 5.69 Å². The van der Waals surface area contributed by atoms with E-state index in [1.807, 2.05) is 0 Å². The van der Waals surface area contributed by atoms with Gasteiger partial charge in [-0.15, -0.1) is 0 Å². The fraction of sp³-hybridized carbons (Fsp3) is 0.533. The Labute approximate surface area is 124 Å². The largest absolute Gasteiger partial charge is 0.365 e. The van der Waals surface area contributed by atoms with E-state index < -0.39 is 4.92 Å². The summed E-state index contributed by atoms with van der Waals surface area (Å²) in [5, 5.41) is 20.2. The Morgan fingerprint density at radius 1 is 1.43 bits per heavy atom. The van der Waals surface area contributed by atoms with Crippen molar-refractivity contribution in [2.75, 3.05) is 31.6 Å². The molecule has 0 N–H and O–H groups in total. The lowest BCUT2D eigenvalue weighted by Crippen LogP contribution is -2.54. The number of non-ortho nitro benzene ring substituents is 1. The summed E-state index contributed by atoms with van der Waals surface area (Å²) in [6, 6.07) is 6.95. The monoisotopic (exact) mass is 288 g/mol. The van der Waals surface area contributed by atoms with E-state index in [1.54, 1.807) is 6.07 Å². The third-order valence-corrected chi connectivity index (χ3v) is 4.01. The summed E-state index contributed by atoms with van der Waals surface area (Å²) in [5.41, 5.74) is 1.14. The molecule has 0 radical (unpaired) electrons. The zero-order valence-corrected chi connectivity index (χ0v) is 12.6. The fourth-order valence-corrected chi connectivity index (χ4v) is 2.80. The number of hydrogen-bond acceptors (Lipinski definition) is 5. The predicted octanol–water partition coefficient (Wildman–Crippen LogP) is 2.24. The summed E-state index contributed by atoms with van der Waals surface area (Å²) >= 11 is 0. The van der Waals surface area contributed by atoms with Gasteiger partial charge in [0.25, 0.3) is 5.69 Å². The number of anilines is 1. The second-order valence-corrected chi connectivity index (χ2v) is 5.84. The van der Waals surface area contributed by atoms with Crippen LogP contribution in [0.15, 0.2) is 18.2 Å². The number of likely N-dealkylation sites (N-methyl/N-ethyl adjacent to an activating group) is 1. The minimum atomic E-state index is -0.464. The van der Waals surface area contributed by atoms with Crippen molar-refractivity contribution in [1.29, 1.82) is 5.26 Å². The van der Waals surface area contributed by atoms with E-state index in [4.69, 9.17) is 0 Å². The summed E-state index contributed by atoms with van der Waals surface area (Å²) in [4.78, 5) is 14.9. The van der Waals surface area contributed by atoms with E-state index in [9.17, 15) is 15.4 Å². The van der Waals surface area contributed by atoms with Gasteiger partial charge in [-0.1, -0.05) is 13.8 Å². The Morgan fingerprint density at radius 3 is 2.71 bits per heavy atom. The molecule has 1 aliphatic heterocycles. The molecule has 1 aliphatic rings. The molecule has 1 aromatic rings. The summed E-state index contributed by atoms with van der Waals surface area (Å²) in [7, 11) is 2.09. The van der Waals surface area contributed by atoms with Crippen LogP contribution in [-0.4, -0.2) is 42.5 Å². The van der Waals surface area contributed by atoms with Gasteiger partial charge in [0, 0.05) is 37.8 Å². The van der Waals surface area contributed by atoms with Crippen molar-refractivity contribution in [3.05, 3.63) is 33.9 Å². The van der Waals surface area contributed by atoms with Crippen LogP contribution in [0.1, 0.15) is 19.4 Å². The van der Waals surface area contributed by atoms with Gasteiger partial charge in [-0.05, 0) is 19.0 Å². The van der Waals surface area contributed by atoms with Gasteiger partial charge in [0.1, 0.15) is 6.07 Å².